The third-order valence-corrected chi connectivity index (χ3v) is 2.01. The van der Waals surface area contributed by atoms with Gasteiger partial charge in [0.05, 0.1) is 0 Å². The largest absolute Gasteiger partial charge is 0.459 e. The van der Waals surface area contributed by atoms with E-state index >= 15 is 0 Å². The van der Waals surface area contributed by atoms with Gasteiger partial charge in [-0.1, -0.05) is 11.8 Å². The van der Waals surface area contributed by atoms with Crippen molar-refractivity contribution in [3.8, 4) is 0 Å². The Bertz CT molecular complexity index is 273. The van der Waals surface area contributed by atoms with Crippen LogP contribution in [0.25, 0.3) is 0 Å². The molecule has 0 heterocycles. The Hall–Kier alpha value is -0.670. The highest BCUT2D eigenvalue weighted by Gasteiger charge is 2.72. The second-order valence-corrected chi connectivity index (χ2v) is 3.46. The Balaban J connectivity index is 4.92. The number of nitrogens with zero attached hydrogens (tertiary/aromatic N) is 1. The van der Waals surface area contributed by atoms with Gasteiger partial charge in [-0.3, -0.25) is 4.99 Å². The van der Waals surface area contributed by atoms with Gasteiger partial charge in [-0.25, -0.2) is 0 Å². The molecule has 0 radical (unpaired) electrons. The smallest absolute Gasteiger partial charge is 0.379 e. The van der Waals surface area contributed by atoms with E-state index in [1.165, 1.54) is 6.26 Å². The number of nitrogens with two attached hydrogens (primary N) is 1. The van der Waals surface area contributed by atoms with E-state index < -0.39 is 29.7 Å². The predicted molar refractivity (Wildman–Crippen MR) is 46.0 cm³/mol. The molecule has 0 spiro atoms. The van der Waals surface area contributed by atoms with E-state index in [1.54, 1.807) is 0 Å². The molecule has 0 aromatic heterocycles. The van der Waals surface area contributed by atoms with E-state index in [4.69, 9.17) is 5.73 Å². The lowest BCUT2D eigenvalue weighted by Crippen LogP contribution is -2.53. The van der Waals surface area contributed by atoms with Crippen LogP contribution in [-0.2, 0) is 0 Å². The van der Waals surface area contributed by atoms with Crippen LogP contribution < -0.4 is 5.73 Å². The first-order valence-electron chi connectivity index (χ1n) is 3.62. The normalized spacial score (nSPS) is 15.4. The number of aliphatic imine (C=N–C) groups is 1. The molecular formula is C6H7F7N2S. The van der Waals surface area contributed by atoms with E-state index in [2.05, 4.69) is 4.99 Å². The van der Waals surface area contributed by atoms with Gasteiger partial charge < -0.3 is 5.73 Å². The van der Waals surface area contributed by atoms with Gasteiger partial charge >= 0.3 is 18.0 Å². The topological polar surface area (TPSA) is 38.4 Å². The van der Waals surface area contributed by atoms with E-state index in [9.17, 15) is 30.7 Å². The van der Waals surface area contributed by atoms with Crippen LogP contribution in [0.15, 0.2) is 4.99 Å². The summed E-state index contributed by atoms with van der Waals surface area (Å²) in [5.41, 5.74) is 4.89. The Labute approximate surface area is 90.1 Å². The Morgan fingerprint density at radius 2 is 1.56 bits per heavy atom. The fourth-order valence-corrected chi connectivity index (χ4v) is 0.742. The predicted octanol–water partition coefficient (Wildman–Crippen LogP) is 2.50. The van der Waals surface area contributed by atoms with Crippen molar-refractivity contribution in [2.24, 2.45) is 10.7 Å². The minimum atomic E-state index is -6.33. The lowest BCUT2D eigenvalue weighted by molar-refractivity contribution is -0.351. The maximum absolute atomic E-state index is 12.6. The van der Waals surface area contributed by atoms with Crippen LogP contribution in [0.5, 0.6) is 0 Å². The summed E-state index contributed by atoms with van der Waals surface area (Å²) in [5.74, 6) is -11.5. The summed E-state index contributed by atoms with van der Waals surface area (Å²) in [6.07, 6.45) is -5.03. The standard InChI is InChI=1S/C6H7F7N2S/c1-16-3(14)15-2-4(7,8)5(9,10)6(11,12)13/h2H2,1H3,(H2,14,15). The van der Waals surface area contributed by atoms with Gasteiger partial charge in [-0.05, 0) is 6.26 Å². The van der Waals surface area contributed by atoms with Crippen LogP contribution in [-0.4, -0.2) is 36.0 Å². The van der Waals surface area contributed by atoms with Crippen LogP contribution in [0.4, 0.5) is 30.7 Å². The van der Waals surface area contributed by atoms with Crippen molar-refractivity contribution in [1.29, 1.82) is 0 Å². The van der Waals surface area contributed by atoms with Gasteiger partial charge in [0.1, 0.15) is 6.54 Å². The second kappa shape index (κ2) is 4.68. The maximum Gasteiger partial charge on any atom is 0.459 e. The molecule has 0 aliphatic heterocycles. The average Bonchev–Trinajstić information content (AvgIpc) is 2.12. The van der Waals surface area contributed by atoms with Gasteiger partial charge in [0, 0.05) is 0 Å². The number of thioether (sulfide) groups is 1. The number of alkyl halides is 7. The number of rotatable bonds is 3. The summed E-state index contributed by atoms with van der Waals surface area (Å²) < 4.78 is 84.5. The Kier molecular flexibility index (Phi) is 4.48. The van der Waals surface area contributed by atoms with Crippen molar-refractivity contribution >= 4 is 16.9 Å². The SMILES string of the molecule is CSC(N)=NCC(F)(F)C(F)(F)C(F)(F)F. The molecule has 10 heteroatoms. The summed E-state index contributed by atoms with van der Waals surface area (Å²) in [4.78, 5) is 2.72. The maximum atomic E-state index is 12.6. The zero-order valence-corrected chi connectivity index (χ0v) is 8.60. The van der Waals surface area contributed by atoms with Gasteiger partial charge in [-0.15, -0.1) is 0 Å². The number of amidine groups is 1. The molecule has 0 aliphatic carbocycles. The minimum absolute atomic E-state index is 0.502. The molecule has 0 rings (SSSR count). The van der Waals surface area contributed by atoms with Crippen molar-refractivity contribution in [3.63, 3.8) is 0 Å². The molecule has 16 heavy (non-hydrogen) atoms. The Morgan fingerprint density at radius 3 is 1.88 bits per heavy atom. The van der Waals surface area contributed by atoms with Gasteiger partial charge in [0.15, 0.2) is 5.17 Å². The fourth-order valence-electron chi connectivity index (χ4n) is 0.548. The molecule has 0 aliphatic rings. The third kappa shape index (κ3) is 3.16. The molecule has 0 amide bonds. The van der Waals surface area contributed by atoms with Crippen LogP contribution in [0.1, 0.15) is 0 Å². The van der Waals surface area contributed by atoms with Crippen LogP contribution in [0.2, 0.25) is 0 Å². The quantitative estimate of drug-likeness (QED) is 0.487. The highest BCUT2D eigenvalue weighted by atomic mass is 32.2. The van der Waals surface area contributed by atoms with Gasteiger partial charge in [0.25, 0.3) is 0 Å². The molecule has 0 aromatic rings. The number of hydrogen-bond acceptors (Lipinski definition) is 2. The molecule has 0 bridgehead atoms. The molecule has 0 fully saturated rings. The first-order valence-corrected chi connectivity index (χ1v) is 4.84. The molecule has 0 aromatic carbocycles. The summed E-state index contributed by atoms with van der Waals surface area (Å²) in [7, 11) is 0. The molecule has 96 valence electrons. The highest BCUT2D eigenvalue weighted by Crippen LogP contribution is 2.46. The van der Waals surface area contributed by atoms with E-state index in [0.29, 0.717) is 11.8 Å². The minimum Gasteiger partial charge on any atom is -0.379 e. The van der Waals surface area contributed by atoms with Crippen molar-refractivity contribution in [1.82, 2.24) is 0 Å². The lowest BCUT2D eigenvalue weighted by atomic mass is 10.1. The zero-order chi connectivity index (χ0) is 13.2. The zero-order valence-electron chi connectivity index (χ0n) is 7.79. The highest BCUT2D eigenvalue weighted by molar-refractivity contribution is 8.13. The molecule has 0 atom stereocenters. The summed E-state index contributed by atoms with van der Waals surface area (Å²) in [6, 6.07) is 0. The van der Waals surface area contributed by atoms with Crippen molar-refractivity contribution in [2.75, 3.05) is 12.8 Å². The van der Waals surface area contributed by atoms with E-state index in [-0.39, 0.29) is 0 Å². The first-order chi connectivity index (χ1) is 6.95. The van der Waals surface area contributed by atoms with Crippen molar-refractivity contribution in [3.05, 3.63) is 0 Å². The lowest BCUT2D eigenvalue weighted by Gasteiger charge is -2.26. The van der Waals surface area contributed by atoms with Crippen molar-refractivity contribution < 1.29 is 30.7 Å². The molecular weight excluding hydrogens is 265 g/mol. The van der Waals surface area contributed by atoms with Crippen LogP contribution in [0, 0.1) is 0 Å². The molecule has 0 unspecified atom stereocenters. The number of hydrogen-bond donors (Lipinski definition) is 1. The van der Waals surface area contributed by atoms with Gasteiger partial charge in [-0.2, -0.15) is 30.7 Å². The summed E-state index contributed by atoms with van der Waals surface area (Å²) in [5, 5.41) is -0.502. The molecule has 2 nitrogen and oxygen atoms in total. The third-order valence-electron chi connectivity index (χ3n) is 1.46. The van der Waals surface area contributed by atoms with Crippen LogP contribution in [0.3, 0.4) is 0 Å². The fraction of sp³-hybridized carbons (Fsp3) is 0.833. The second-order valence-electron chi connectivity index (χ2n) is 2.64. The van der Waals surface area contributed by atoms with Crippen LogP contribution >= 0.6 is 11.8 Å². The summed E-state index contributed by atoms with van der Waals surface area (Å²) >= 11 is 0.652. The summed E-state index contributed by atoms with van der Waals surface area (Å²) in [6.45, 7) is -2.02. The number of halogens is 7. The molecule has 2 N–H and O–H groups in total. The Morgan fingerprint density at radius 1 is 1.12 bits per heavy atom. The monoisotopic (exact) mass is 272 g/mol. The van der Waals surface area contributed by atoms with Crippen molar-refractivity contribution in [2.45, 2.75) is 18.0 Å². The first kappa shape index (κ1) is 15.3. The van der Waals surface area contributed by atoms with E-state index in [0.717, 1.165) is 0 Å². The molecule has 0 saturated carbocycles. The average molecular weight is 272 g/mol. The van der Waals surface area contributed by atoms with Gasteiger partial charge in [0.2, 0.25) is 0 Å². The molecule has 0 saturated heterocycles. The van der Waals surface area contributed by atoms with E-state index in [1.807, 2.05) is 0 Å².